The van der Waals surface area contributed by atoms with Gasteiger partial charge in [0.25, 0.3) is 0 Å². The molecule has 7 heteroatoms. The molecule has 0 heterocycles. The quantitative estimate of drug-likeness (QED) is 0.421. The number of aliphatic hydroxyl groups is 1. The average molecular weight is 192 g/mol. The molecule has 0 aromatic carbocycles. The van der Waals surface area contributed by atoms with Gasteiger partial charge in [0.1, 0.15) is 5.92 Å². The minimum absolute atomic E-state index is 0.928. The first-order valence-electron chi connectivity index (χ1n) is 3.21. The van der Waals surface area contributed by atoms with Gasteiger partial charge < -0.3 is 20.4 Å². The number of aliphatic carboxylic acids is 3. The molecule has 0 bridgehead atoms. The summed E-state index contributed by atoms with van der Waals surface area (Å²) in [7, 11) is 0. The van der Waals surface area contributed by atoms with E-state index >= 15 is 0 Å². The van der Waals surface area contributed by atoms with Gasteiger partial charge in [0, 0.05) is 0 Å². The van der Waals surface area contributed by atoms with Crippen LogP contribution in [0.25, 0.3) is 0 Å². The van der Waals surface area contributed by atoms with E-state index in [1.165, 1.54) is 0 Å². The Kier molecular flexibility index (Phi) is 3.86. The summed E-state index contributed by atoms with van der Waals surface area (Å²) in [5.74, 6) is -6.71. The lowest BCUT2D eigenvalue weighted by atomic mass is 9.99. The summed E-state index contributed by atoms with van der Waals surface area (Å²) in [6, 6.07) is 0. The van der Waals surface area contributed by atoms with Crippen LogP contribution in [0.2, 0.25) is 0 Å². The maximum absolute atomic E-state index is 10.3. The van der Waals surface area contributed by atoms with Gasteiger partial charge >= 0.3 is 17.9 Å². The Balaban J connectivity index is 4.51. The third-order valence-electron chi connectivity index (χ3n) is 1.35. The van der Waals surface area contributed by atoms with Gasteiger partial charge in [0.15, 0.2) is 6.10 Å². The van der Waals surface area contributed by atoms with Crippen molar-refractivity contribution < 1.29 is 34.8 Å². The third-order valence-corrected chi connectivity index (χ3v) is 1.35. The van der Waals surface area contributed by atoms with Gasteiger partial charge in [-0.15, -0.1) is 0 Å². The largest absolute Gasteiger partial charge is 0.481 e. The molecular weight excluding hydrogens is 184 g/mol. The number of aliphatic hydroxyl groups excluding tert-OH is 1. The van der Waals surface area contributed by atoms with Gasteiger partial charge in [-0.25, -0.2) is 4.79 Å². The lowest BCUT2D eigenvalue weighted by molar-refractivity contribution is -0.162. The van der Waals surface area contributed by atoms with Crippen molar-refractivity contribution in [3.05, 3.63) is 0 Å². The number of rotatable bonds is 5. The minimum Gasteiger partial charge on any atom is -0.481 e. The molecule has 0 rings (SSSR count). The SMILES string of the molecule is O=C(O)C[C@H](C(=O)O)[C@@H](O)C(=O)O. The molecule has 13 heavy (non-hydrogen) atoms. The van der Waals surface area contributed by atoms with Crippen LogP contribution in [0.3, 0.4) is 0 Å². The van der Waals surface area contributed by atoms with Crippen molar-refractivity contribution in [2.45, 2.75) is 12.5 Å². The van der Waals surface area contributed by atoms with E-state index < -0.39 is 36.4 Å². The molecule has 0 unspecified atom stereocenters. The maximum Gasteiger partial charge on any atom is 0.333 e. The molecule has 0 saturated carbocycles. The van der Waals surface area contributed by atoms with Crippen LogP contribution < -0.4 is 0 Å². The summed E-state index contributed by atoms with van der Waals surface area (Å²) in [6.45, 7) is 0. The molecule has 7 nitrogen and oxygen atoms in total. The fraction of sp³-hybridized carbons (Fsp3) is 0.500. The summed E-state index contributed by atoms with van der Waals surface area (Å²) in [5, 5.41) is 33.5. The van der Waals surface area contributed by atoms with Crippen LogP contribution in [0.4, 0.5) is 0 Å². The van der Waals surface area contributed by atoms with Crippen LogP contribution in [0.5, 0.6) is 0 Å². The number of hydrogen-bond acceptors (Lipinski definition) is 4. The predicted molar refractivity (Wildman–Crippen MR) is 37.0 cm³/mol. The summed E-state index contributed by atoms with van der Waals surface area (Å²) >= 11 is 0. The average Bonchev–Trinajstić information content (AvgIpc) is 1.97. The molecule has 74 valence electrons. The molecule has 0 radical (unpaired) electrons. The number of carbonyl (C=O) groups is 3. The summed E-state index contributed by atoms with van der Waals surface area (Å²) in [5.41, 5.74) is 0. The summed E-state index contributed by atoms with van der Waals surface area (Å²) in [6.07, 6.45) is -3.13. The first-order chi connectivity index (χ1) is 5.86. The van der Waals surface area contributed by atoms with Crippen molar-refractivity contribution in [1.29, 1.82) is 0 Å². The Morgan fingerprint density at radius 1 is 1.00 bits per heavy atom. The highest BCUT2D eigenvalue weighted by atomic mass is 16.4. The van der Waals surface area contributed by atoms with Crippen LogP contribution >= 0.6 is 0 Å². The molecule has 0 aliphatic heterocycles. The van der Waals surface area contributed by atoms with E-state index in [-0.39, 0.29) is 0 Å². The van der Waals surface area contributed by atoms with Gasteiger partial charge in [-0.1, -0.05) is 0 Å². The number of carboxylic acids is 3. The van der Waals surface area contributed by atoms with Gasteiger partial charge in [-0.3, -0.25) is 9.59 Å². The Morgan fingerprint density at radius 3 is 1.69 bits per heavy atom. The highest BCUT2D eigenvalue weighted by molar-refractivity contribution is 5.85. The second kappa shape index (κ2) is 4.41. The predicted octanol–water partition coefficient (Wildman–Crippen LogP) is -1.39. The van der Waals surface area contributed by atoms with E-state index in [2.05, 4.69) is 0 Å². The molecule has 0 amide bonds. The molecule has 0 saturated heterocycles. The fourth-order valence-electron chi connectivity index (χ4n) is 0.694. The van der Waals surface area contributed by atoms with E-state index in [9.17, 15) is 14.4 Å². The van der Waals surface area contributed by atoms with Crippen LogP contribution in [0.15, 0.2) is 0 Å². The lowest BCUT2D eigenvalue weighted by Gasteiger charge is -2.12. The van der Waals surface area contributed by atoms with Crippen LogP contribution in [-0.4, -0.2) is 44.4 Å². The Hall–Kier alpha value is -1.63. The Bertz CT molecular complexity index is 233. The maximum atomic E-state index is 10.3. The minimum atomic E-state index is -2.20. The highest BCUT2D eigenvalue weighted by Gasteiger charge is 2.33. The summed E-state index contributed by atoms with van der Waals surface area (Å²) < 4.78 is 0. The standard InChI is InChI=1S/C6H8O7/c7-3(8)1-2(5(10)11)4(9)6(12)13/h2,4,9H,1H2,(H,7,8)(H,10,11)(H,12,13)/t2-,4+/m0/s1. The van der Waals surface area contributed by atoms with E-state index in [4.69, 9.17) is 20.4 Å². The van der Waals surface area contributed by atoms with Crippen molar-refractivity contribution in [1.82, 2.24) is 0 Å². The Labute approximate surface area is 72.2 Å². The second-order valence-corrected chi connectivity index (χ2v) is 2.33. The topological polar surface area (TPSA) is 132 Å². The first-order valence-corrected chi connectivity index (χ1v) is 3.21. The monoisotopic (exact) mass is 192 g/mol. The molecule has 2 atom stereocenters. The molecule has 0 spiro atoms. The van der Waals surface area contributed by atoms with Gasteiger partial charge in [-0.05, 0) is 0 Å². The summed E-state index contributed by atoms with van der Waals surface area (Å²) in [4.78, 5) is 30.5. The zero-order chi connectivity index (χ0) is 10.6. The number of carboxylic acid groups (broad SMARTS) is 3. The van der Waals surface area contributed by atoms with Gasteiger partial charge in [0.2, 0.25) is 0 Å². The normalized spacial score (nSPS) is 14.5. The number of hydrogen-bond donors (Lipinski definition) is 4. The molecule has 0 aliphatic carbocycles. The smallest absolute Gasteiger partial charge is 0.333 e. The molecule has 0 fully saturated rings. The van der Waals surface area contributed by atoms with Crippen LogP contribution in [0.1, 0.15) is 6.42 Å². The van der Waals surface area contributed by atoms with E-state index in [0.717, 1.165) is 0 Å². The van der Waals surface area contributed by atoms with Crippen LogP contribution in [0, 0.1) is 5.92 Å². The zero-order valence-electron chi connectivity index (χ0n) is 6.38. The lowest BCUT2D eigenvalue weighted by Crippen LogP contribution is -2.36. The molecule has 4 N–H and O–H groups in total. The zero-order valence-corrected chi connectivity index (χ0v) is 6.38. The van der Waals surface area contributed by atoms with Crippen molar-refractivity contribution in [2.75, 3.05) is 0 Å². The van der Waals surface area contributed by atoms with E-state index in [1.54, 1.807) is 0 Å². The van der Waals surface area contributed by atoms with Crippen LogP contribution in [-0.2, 0) is 14.4 Å². The van der Waals surface area contributed by atoms with Crippen molar-refractivity contribution in [2.24, 2.45) is 5.92 Å². The van der Waals surface area contributed by atoms with E-state index in [1.807, 2.05) is 0 Å². The van der Waals surface area contributed by atoms with Crippen molar-refractivity contribution in [3.63, 3.8) is 0 Å². The first kappa shape index (κ1) is 11.4. The molecule has 0 aromatic rings. The molecule has 0 aliphatic rings. The Morgan fingerprint density at radius 2 is 1.46 bits per heavy atom. The molecule has 0 aromatic heterocycles. The van der Waals surface area contributed by atoms with Gasteiger partial charge in [0.05, 0.1) is 6.42 Å². The third kappa shape index (κ3) is 3.52. The van der Waals surface area contributed by atoms with Crippen molar-refractivity contribution in [3.8, 4) is 0 Å². The van der Waals surface area contributed by atoms with Crippen molar-refractivity contribution >= 4 is 17.9 Å². The fourth-order valence-corrected chi connectivity index (χ4v) is 0.694. The molecular formula is C6H8O7. The van der Waals surface area contributed by atoms with E-state index in [0.29, 0.717) is 0 Å². The van der Waals surface area contributed by atoms with Gasteiger partial charge in [-0.2, -0.15) is 0 Å². The second-order valence-electron chi connectivity index (χ2n) is 2.33. The highest BCUT2D eigenvalue weighted by Crippen LogP contribution is 2.09.